The second kappa shape index (κ2) is 7.85. The number of methoxy groups -OCH3 is 1. The molecule has 0 fully saturated rings. The van der Waals surface area contributed by atoms with E-state index in [1.807, 2.05) is 0 Å². The van der Waals surface area contributed by atoms with Crippen LogP contribution in [0, 0.1) is 5.82 Å². The van der Waals surface area contributed by atoms with Crippen LogP contribution in [0.1, 0.15) is 10.4 Å². The van der Waals surface area contributed by atoms with E-state index in [0.29, 0.717) is 25.9 Å². The molecule has 1 amide bonds. The summed E-state index contributed by atoms with van der Waals surface area (Å²) in [6.45, 7) is 0. The summed E-state index contributed by atoms with van der Waals surface area (Å²) in [6.07, 6.45) is 0. The van der Waals surface area contributed by atoms with Crippen molar-refractivity contribution in [3.8, 4) is 5.75 Å². The van der Waals surface area contributed by atoms with Gasteiger partial charge in [-0.1, -0.05) is 22.0 Å². The Morgan fingerprint density at radius 1 is 1.26 bits per heavy atom. The van der Waals surface area contributed by atoms with Crippen LogP contribution in [0.3, 0.4) is 0 Å². The van der Waals surface area contributed by atoms with Gasteiger partial charge in [0.2, 0.25) is 0 Å². The molecule has 0 saturated carbocycles. The summed E-state index contributed by atoms with van der Waals surface area (Å²) in [5.41, 5.74) is 0.745. The highest BCUT2D eigenvalue weighted by molar-refractivity contribution is 9.11. The van der Waals surface area contributed by atoms with Crippen LogP contribution < -0.4 is 15.4 Å². The molecule has 0 radical (unpaired) electrons. The second-order valence-electron chi connectivity index (χ2n) is 4.39. The van der Waals surface area contributed by atoms with E-state index in [-0.39, 0.29) is 5.11 Å². The number of halogens is 3. The molecule has 2 N–H and O–H groups in total. The maximum Gasteiger partial charge on any atom is 0.261 e. The van der Waals surface area contributed by atoms with Crippen molar-refractivity contribution in [2.45, 2.75) is 0 Å². The fraction of sp³-hybridized carbons (Fsp3) is 0.0667. The van der Waals surface area contributed by atoms with Gasteiger partial charge in [0.25, 0.3) is 5.91 Å². The van der Waals surface area contributed by atoms with Gasteiger partial charge in [0, 0.05) is 10.2 Å². The van der Waals surface area contributed by atoms with Gasteiger partial charge in [0.05, 0.1) is 17.1 Å². The summed E-state index contributed by atoms with van der Waals surface area (Å²) in [7, 11) is 1.47. The molecule has 0 aliphatic heterocycles. The van der Waals surface area contributed by atoms with Crippen LogP contribution in [0.2, 0.25) is 0 Å². The van der Waals surface area contributed by atoms with Crippen LogP contribution >= 0.6 is 44.1 Å². The molecule has 2 aromatic carbocycles. The third kappa shape index (κ3) is 4.73. The summed E-state index contributed by atoms with van der Waals surface area (Å²) in [5, 5.41) is 5.33. The molecule has 0 heterocycles. The predicted molar refractivity (Wildman–Crippen MR) is 98.5 cm³/mol. The van der Waals surface area contributed by atoms with Crippen LogP contribution in [-0.4, -0.2) is 18.1 Å². The van der Waals surface area contributed by atoms with Gasteiger partial charge < -0.3 is 10.1 Å². The molecule has 0 aromatic heterocycles. The predicted octanol–water partition coefficient (Wildman–Crippen LogP) is 4.49. The molecule has 8 heteroatoms. The topological polar surface area (TPSA) is 50.4 Å². The monoisotopic (exact) mass is 460 g/mol. The normalized spacial score (nSPS) is 10.1. The van der Waals surface area contributed by atoms with E-state index >= 15 is 0 Å². The Kier molecular flexibility index (Phi) is 6.09. The van der Waals surface area contributed by atoms with E-state index in [0.717, 1.165) is 0 Å². The van der Waals surface area contributed by atoms with Crippen molar-refractivity contribution in [3.63, 3.8) is 0 Å². The van der Waals surface area contributed by atoms with Crippen molar-refractivity contribution in [2.24, 2.45) is 0 Å². The highest BCUT2D eigenvalue weighted by atomic mass is 79.9. The SMILES string of the molecule is COc1c(Br)cc(Br)cc1C(=O)NC(=S)Nc1cccc(F)c1. The maximum absolute atomic E-state index is 13.1. The number of hydrogen-bond donors (Lipinski definition) is 2. The standard InChI is InChI=1S/C15H11Br2FN2O2S/c1-22-13-11(5-8(16)6-12(13)17)14(21)20-15(23)19-10-4-2-3-9(18)7-10/h2-7H,1H3,(H2,19,20,21,23). The zero-order valence-electron chi connectivity index (χ0n) is 11.8. The van der Waals surface area contributed by atoms with E-state index in [1.165, 1.54) is 25.3 Å². The first-order chi connectivity index (χ1) is 10.9. The number of amides is 1. The first kappa shape index (κ1) is 17.8. The largest absolute Gasteiger partial charge is 0.495 e. The molecule has 0 bridgehead atoms. The fourth-order valence-electron chi connectivity index (χ4n) is 1.84. The number of nitrogens with one attached hydrogen (secondary N) is 2. The lowest BCUT2D eigenvalue weighted by molar-refractivity contribution is 0.0974. The van der Waals surface area contributed by atoms with Gasteiger partial charge in [-0.15, -0.1) is 0 Å². The lowest BCUT2D eigenvalue weighted by Gasteiger charge is -2.13. The first-order valence-corrected chi connectivity index (χ1v) is 8.31. The molecule has 0 unspecified atom stereocenters. The van der Waals surface area contributed by atoms with Gasteiger partial charge in [-0.3, -0.25) is 10.1 Å². The number of carbonyl (C=O) groups is 1. The summed E-state index contributed by atoms with van der Waals surface area (Å²) in [5.74, 6) is -0.460. The van der Waals surface area contributed by atoms with Crippen molar-refractivity contribution in [3.05, 3.63) is 56.7 Å². The number of thiocarbonyl (C=S) groups is 1. The van der Waals surface area contributed by atoms with E-state index in [4.69, 9.17) is 17.0 Å². The molecule has 0 saturated heterocycles. The zero-order valence-corrected chi connectivity index (χ0v) is 15.8. The van der Waals surface area contributed by atoms with Crippen molar-refractivity contribution in [1.29, 1.82) is 0 Å². The quantitative estimate of drug-likeness (QED) is 0.661. The van der Waals surface area contributed by atoms with E-state index in [9.17, 15) is 9.18 Å². The third-order valence-electron chi connectivity index (χ3n) is 2.77. The Labute approximate surface area is 154 Å². The maximum atomic E-state index is 13.1. The minimum absolute atomic E-state index is 0.0544. The van der Waals surface area contributed by atoms with E-state index in [2.05, 4.69) is 42.5 Å². The lowest BCUT2D eigenvalue weighted by atomic mass is 10.2. The van der Waals surface area contributed by atoms with Crippen LogP contribution in [-0.2, 0) is 0 Å². The van der Waals surface area contributed by atoms with Crippen molar-refractivity contribution in [1.82, 2.24) is 5.32 Å². The molecule has 0 aliphatic rings. The van der Waals surface area contributed by atoms with Crippen molar-refractivity contribution >= 4 is 60.8 Å². The zero-order chi connectivity index (χ0) is 17.0. The molecular formula is C15H11Br2FN2O2S. The number of carbonyl (C=O) groups excluding carboxylic acids is 1. The van der Waals surface area contributed by atoms with Gasteiger partial charge in [-0.2, -0.15) is 0 Å². The minimum atomic E-state index is -0.447. The second-order valence-corrected chi connectivity index (χ2v) is 6.57. The van der Waals surface area contributed by atoms with Crippen LogP contribution in [0.15, 0.2) is 45.3 Å². The van der Waals surface area contributed by atoms with E-state index in [1.54, 1.807) is 18.2 Å². The molecule has 0 aliphatic carbocycles. The Morgan fingerprint density at radius 3 is 2.65 bits per heavy atom. The van der Waals surface area contributed by atoms with E-state index < -0.39 is 11.7 Å². The number of hydrogen-bond acceptors (Lipinski definition) is 3. The molecule has 23 heavy (non-hydrogen) atoms. The highest BCUT2D eigenvalue weighted by Crippen LogP contribution is 2.32. The van der Waals surface area contributed by atoms with Gasteiger partial charge in [-0.05, 0) is 58.5 Å². The first-order valence-electron chi connectivity index (χ1n) is 6.31. The molecule has 0 spiro atoms. The smallest absolute Gasteiger partial charge is 0.261 e. The number of ether oxygens (including phenoxy) is 1. The van der Waals surface area contributed by atoms with Gasteiger partial charge in [-0.25, -0.2) is 4.39 Å². The van der Waals surface area contributed by atoms with Crippen LogP contribution in [0.25, 0.3) is 0 Å². The number of benzene rings is 2. The Morgan fingerprint density at radius 2 is 2.00 bits per heavy atom. The molecule has 2 aromatic rings. The minimum Gasteiger partial charge on any atom is -0.495 e. The van der Waals surface area contributed by atoms with Crippen molar-refractivity contribution in [2.75, 3.05) is 12.4 Å². The van der Waals surface area contributed by atoms with Gasteiger partial charge in [0.15, 0.2) is 5.11 Å². The Balaban J connectivity index is 2.14. The average Bonchev–Trinajstić information content (AvgIpc) is 2.46. The number of rotatable bonds is 3. The molecule has 120 valence electrons. The van der Waals surface area contributed by atoms with Gasteiger partial charge >= 0.3 is 0 Å². The molecular weight excluding hydrogens is 451 g/mol. The molecule has 2 rings (SSSR count). The average molecular weight is 462 g/mol. The number of anilines is 1. The summed E-state index contributed by atoms with van der Waals surface area (Å²) in [4.78, 5) is 12.4. The molecule has 0 atom stereocenters. The summed E-state index contributed by atoms with van der Waals surface area (Å²) < 4.78 is 19.7. The fourth-order valence-corrected chi connectivity index (χ4v) is 3.43. The van der Waals surface area contributed by atoms with Crippen LogP contribution in [0.5, 0.6) is 5.75 Å². The summed E-state index contributed by atoms with van der Waals surface area (Å²) >= 11 is 11.7. The molecule has 4 nitrogen and oxygen atoms in total. The Bertz CT molecular complexity index is 771. The third-order valence-corrected chi connectivity index (χ3v) is 4.02. The summed E-state index contributed by atoms with van der Waals surface area (Å²) in [6, 6.07) is 9.14. The van der Waals surface area contributed by atoms with Crippen molar-refractivity contribution < 1.29 is 13.9 Å². The van der Waals surface area contributed by atoms with Crippen LogP contribution in [0.4, 0.5) is 10.1 Å². The van der Waals surface area contributed by atoms with Gasteiger partial charge in [0.1, 0.15) is 11.6 Å². The Hall–Kier alpha value is -1.51. The highest BCUT2D eigenvalue weighted by Gasteiger charge is 2.17. The lowest BCUT2D eigenvalue weighted by Crippen LogP contribution is -2.34.